The summed E-state index contributed by atoms with van der Waals surface area (Å²) in [5.41, 5.74) is 5.66. The second-order valence-corrected chi connectivity index (χ2v) is 7.02. The highest BCUT2D eigenvalue weighted by Gasteiger charge is 2.54. The van der Waals surface area contributed by atoms with Crippen LogP contribution in [0.5, 0.6) is 0 Å². The minimum absolute atomic E-state index is 0.0912. The Hall–Kier alpha value is -1.89. The number of rotatable bonds is 3. The average Bonchev–Trinajstić information content (AvgIpc) is 3.18. The standard InChI is InChI=1S/C15H18N2O4S/c1-7-4-5-22-12(7)14(19)17-16-13(18)10-8-2-3-9(6-8)11(10)15(20)21/h4-5,8-11H,2-3,6H2,1H3,(H,16,18)(H,17,19)(H,20,21). The van der Waals surface area contributed by atoms with E-state index >= 15 is 0 Å². The Bertz CT molecular complexity index is 627. The van der Waals surface area contributed by atoms with Crippen LogP contribution in [0.2, 0.25) is 0 Å². The highest BCUT2D eigenvalue weighted by Crippen LogP contribution is 2.52. The molecule has 3 rings (SSSR count). The van der Waals surface area contributed by atoms with Crippen molar-refractivity contribution in [1.82, 2.24) is 10.9 Å². The number of aryl methyl sites for hydroxylation is 1. The zero-order chi connectivity index (χ0) is 15.9. The van der Waals surface area contributed by atoms with E-state index in [9.17, 15) is 19.5 Å². The monoisotopic (exact) mass is 322 g/mol. The molecule has 2 fully saturated rings. The van der Waals surface area contributed by atoms with Crippen LogP contribution in [0.4, 0.5) is 0 Å². The molecule has 6 nitrogen and oxygen atoms in total. The molecule has 0 radical (unpaired) electrons. The molecular weight excluding hydrogens is 304 g/mol. The summed E-state index contributed by atoms with van der Waals surface area (Å²) in [6.07, 6.45) is 2.57. The van der Waals surface area contributed by atoms with Gasteiger partial charge in [-0.25, -0.2) is 0 Å². The predicted molar refractivity (Wildman–Crippen MR) is 80.1 cm³/mol. The molecule has 7 heteroatoms. The van der Waals surface area contributed by atoms with Crippen LogP contribution in [0, 0.1) is 30.6 Å². The SMILES string of the molecule is Cc1ccsc1C(=O)NNC(=O)C1C2CCC(C2)C1C(=O)O. The van der Waals surface area contributed by atoms with E-state index in [4.69, 9.17) is 0 Å². The van der Waals surface area contributed by atoms with Crippen molar-refractivity contribution < 1.29 is 19.5 Å². The zero-order valence-electron chi connectivity index (χ0n) is 12.2. The molecule has 1 aromatic rings. The van der Waals surface area contributed by atoms with Crippen LogP contribution in [-0.2, 0) is 9.59 Å². The molecule has 22 heavy (non-hydrogen) atoms. The van der Waals surface area contributed by atoms with E-state index in [1.54, 1.807) is 0 Å². The number of carboxylic acids is 1. The lowest BCUT2D eigenvalue weighted by Crippen LogP contribution is -2.48. The molecule has 2 aliphatic carbocycles. The lowest BCUT2D eigenvalue weighted by Gasteiger charge is -2.26. The van der Waals surface area contributed by atoms with Gasteiger partial charge in [-0.1, -0.05) is 0 Å². The van der Waals surface area contributed by atoms with E-state index in [0.717, 1.165) is 24.8 Å². The number of nitrogens with one attached hydrogen (secondary N) is 2. The van der Waals surface area contributed by atoms with E-state index in [-0.39, 0.29) is 23.7 Å². The first-order valence-electron chi connectivity index (χ1n) is 7.36. The normalized spacial score (nSPS) is 29.3. The largest absolute Gasteiger partial charge is 0.481 e. The van der Waals surface area contributed by atoms with Gasteiger partial charge in [-0.3, -0.25) is 25.2 Å². The molecule has 1 aromatic heterocycles. The summed E-state index contributed by atoms with van der Waals surface area (Å²) in [7, 11) is 0. The average molecular weight is 322 g/mol. The van der Waals surface area contributed by atoms with Gasteiger partial charge in [0.2, 0.25) is 5.91 Å². The van der Waals surface area contributed by atoms with E-state index in [1.165, 1.54) is 11.3 Å². The van der Waals surface area contributed by atoms with Gasteiger partial charge in [0.15, 0.2) is 0 Å². The minimum atomic E-state index is -0.909. The fraction of sp³-hybridized carbons (Fsp3) is 0.533. The van der Waals surface area contributed by atoms with E-state index in [2.05, 4.69) is 10.9 Å². The van der Waals surface area contributed by atoms with Gasteiger partial charge in [0.05, 0.1) is 16.7 Å². The number of aliphatic carboxylic acids is 1. The molecule has 1 heterocycles. The van der Waals surface area contributed by atoms with E-state index in [0.29, 0.717) is 4.88 Å². The van der Waals surface area contributed by atoms with Gasteiger partial charge < -0.3 is 5.11 Å². The fourth-order valence-corrected chi connectivity index (χ4v) is 4.71. The quantitative estimate of drug-likeness (QED) is 0.736. The van der Waals surface area contributed by atoms with Gasteiger partial charge in [0.1, 0.15) is 0 Å². The number of amides is 2. The Balaban J connectivity index is 1.63. The number of thiophene rings is 1. The number of fused-ring (bicyclic) bond motifs is 2. The number of hydrogen-bond acceptors (Lipinski definition) is 4. The van der Waals surface area contributed by atoms with Crippen molar-refractivity contribution in [2.75, 3.05) is 0 Å². The second kappa shape index (κ2) is 5.72. The number of hydrogen-bond donors (Lipinski definition) is 3. The molecule has 0 aliphatic heterocycles. The summed E-state index contributed by atoms with van der Waals surface area (Å²) in [5.74, 6) is -2.62. The van der Waals surface area contributed by atoms with Gasteiger partial charge in [-0.2, -0.15) is 0 Å². The van der Waals surface area contributed by atoms with Gasteiger partial charge in [-0.05, 0) is 55.0 Å². The van der Waals surface area contributed by atoms with Crippen molar-refractivity contribution in [2.45, 2.75) is 26.2 Å². The topological polar surface area (TPSA) is 95.5 Å². The van der Waals surface area contributed by atoms with Gasteiger partial charge in [0, 0.05) is 0 Å². The molecule has 2 saturated carbocycles. The molecule has 0 aromatic carbocycles. The van der Waals surface area contributed by atoms with Crippen LogP contribution in [0.1, 0.15) is 34.5 Å². The van der Waals surface area contributed by atoms with Crippen LogP contribution >= 0.6 is 11.3 Å². The Kier molecular flexibility index (Phi) is 3.90. The zero-order valence-corrected chi connectivity index (χ0v) is 13.0. The van der Waals surface area contributed by atoms with Crippen molar-refractivity contribution in [3.8, 4) is 0 Å². The first-order valence-corrected chi connectivity index (χ1v) is 8.24. The van der Waals surface area contributed by atoms with Crippen LogP contribution in [-0.4, -0.2) is 22.9 Å². The van der Waals surface area contributed by atoms with Crippen molar-refractivity contribution in [2.24, 2.45) is 23.7 Å². The lowest BCUT2D eigenvalue weighted by molar-refractivity contribution is -0.149. The van der Waals surface area contributed by atoms with Crippen molar-refractivity contribution >= 4 is 29.1 Å². The number of carbonyl (C=O) groups is 3. The lowest BCUT2D eigenvalue weighted by atomic mass is 9.79. The molecule has 3 N–H and O–H groups in total. The summed E-state index contributed by atoms with van der Waals surface area (Å²) in [6, 6.07) is 1.83. The molecule has 2 amide bonds. The molecule has 118 valence electrons. The third-order valence-electron chi connectivity index (χ3n) is 4.87. The smallest absolute Gasteiger partial charge is 0.307 e. The Morgan fingerprint density at radius 1 is 1.18 bits per heavy atom. The molecule has 4 atom stereocenters. The summed E-state index contributed by atoms with van der Waals surface area (Å²) >= 11 is 1.30. The van der Waals surface area contributed by atoms with Crippen LogP contribution in [0.25, 0.3) is 0 Å². The Labute approximate surface area is 131 Å². The maximum atomic E-state index is 12.3. The highest BCUT2D eigenvalue weighted by atomic mass is 32.1. The van der Waals surface area contributed by atoms with Crippen molar-refractivity contribution in [3.63, 3.8) is 0 Å². The van der Waals surface area contributed by atoms with Gasteiger partial charge >= 0.3 is 5.97 Å². The van der Waals surface area contributed by atoms with Crippen LogP contribution in [0.15, 0.2) is 11.4 Å². The number of carboxylic acid groups (broad SMARTS) is 1. The maximum absolute atomic E-state index is 12.3. The minimum Gasteiger partial charge on any atom is -0.481 e. The summed E-state index contributed by atoms with van der Waals surface area (Å²) < 4.78 is 0. The Morgan fingerprint density at radius 3 is 2.45 bits per heavy atom. The van der Waals surface area contributed by atoms with Crippen LogP contribution in [0.3, 0.4) is 0 Å². The number of carbonyl (C=O) groups excluding carboxylic acids is 2. The highest BCUT2D eigenvalue weighted by molar-refractivity contribution is 7.12. The first kappa shape index (κ1) is 15.0. The summed E-state index contributed by atoms with van der Waals surface area (Å²) in [6.45, 7) is 1.82. The first-order chi connectivity index (χ1) is 10.5. The molecule has 0 saturated heterocycles. The molecule has 2 bridgehead atoms. The predicted octanol–water partition coefficient (Wildman–Crippen LogP) is 1.56. The maximum Gasteiger partial charge on any atom is 0.307 e. The molecular formula is C15H18N2O4S. The molecule has 2 aliphatic rings. The van der Waals surface area contributed by atoms with E-state index in [1.807, 2.05) is 18.4 Å². The molecule has 4 unspecified atom stereocenters. The van der Waals surface area contributed by atoms with Gasteiger partial charge in [0.25, 0.3) is 5.91 Å². The third kappa shape index (κ3) is 2.49. The van der Waals surface area contributed by atoms with E-state index < -0.39 is 17.8 Å². The van der Waals surface area contributed by atoms with Crippen molar-refractivity contribution in [1.29, 1.82) is 0 Å². The van der Waals surface area contributed by atoms with Gasteiger partial charge in [-0.15, -0.1) is 11.3 Å². The van der Waals surface area contributed by atoms with Crippen molar-refractivity contribution in [3.05, 3.63) is 21.9 Å². The number of hydrazine groups is 1. The second-order valence-electron chi connectivity index (χ2n) is 6.10. The third-order valence-corrected chi connectivity index (χ3v) is 5.89. The Morgan fingerprint density at radius 2 is 1.86 bits per heavy atom. The summed E-state index contributed by atoms with van der Waals surface area (Å²) in [5, 5.41) is 11.2. The summed E-state index contributed by atoms with van der Waals surface area (Å²) in [4.78, 5) is 36.3. The van der Waals surface area contributed by atoms with Crippen LogP contribution < -0.4 is 10.9 Å². The fourth-order valence-electron chi connectivity index (χ4n) is 3.89. The molecule has 0 spiro atoms.